The van der Waals surface area contributed by atoms with Gasteiger partial charge in [-0.1, -0.05) is 182 Å². The third kappa shape index (κ3) is 5.68. The van der Waals surface area contributed by atoms with Gasteiger partial charge < -0.3 is 4.90 Å². The maximum Gasteiger partial charge on any atom is 0.0554 e. The minimum Gasteiger partial charge on any atom is -0.310 e. The van der Waals surface area contributed by atoms with Crippen LogP contribution in [0.5, 0.6) is 0 Å². The first-order valence-corrected chi connectivity index (χ1v) is 21.4. The molecule has 0 aliphatic rings. The molecule has 0 aliphatic heterocycles. The molecule has 0 spiro atoms. The fourth-order valence-electron chi connectivity index (χ4n) is 9.38. The van der Waals surface area contributed by atoms with E-state index in [2.05, 4.69) is 229 Å². The Hall–Kier alpha value is -7.52. The lowest BCUT2D eigenvalue weighted by atomic mass is 9.92. The van der Waals surface area contributed by atoms with Crippen molar-refractivity contribution < 1.29 is 0 Å². The lowest BCUT2D eigenvalue weighted by molar-refractivity contribution is 1.30. The largest absolute Gasteiger partial charge is 0.310 e. The van der Waals surface area contributed by atoms with Gasteiger partial charge in [-0.05, 0) is 119 Å². The quantitative estimate of drug-likeness (QED) is 0.152. The maximum atomic E-state index is 2.45. The Kier molecular flexibility index (Phi) is 8.11. The van der Waals surface area contributed by atoms with Gasteiger partial charge in [-0.25, -0.2) is 0 Å². The first-order chi connectivity index (χ1) is 29.7. The number of rotatable bonds is 6. The second-order valence-corrected chi connectivity index (χ2v) is 16.7. The Morgan fingerprint density at radius 3 is 1.72 bits per heavy atom. The second kappa shape index (κ2) is 14.1. The van der Waals surface area contributed by atoms with Crippen molar-refractivity contribution in [2.75, 3.05) is 4.90 Å². The van der Waals surface area contributed by atoms with Crippen molar-refractivity contribution in [3.8, 4) is 33.4 Å². The van der Waals surface area contributed by atoms with Gasteiger partial charge >= 0.3 is 0 Å². The van der Waals surface area contributed by atoms with E-state index in [9.17, 15) is 0 Å². The van der Waals surface area contributed by atoms with E-state index < -0.39 is 0 Å². The monoisotopic (exact) mass is 779 g/mol. The number of fused-ring (bicyclic) bond motifs is 9. The minimum absolute atomic E-state index is 1.11. The van der Waals surface area contributed by atoms with Crippen molar-refractivity contribution in [3.05, 3.63) is 224 Å². The van der Waals surface area contributed by atoms with E-state index in [0.717, 1.165) is 11.4 Å². The molecule has 1 aromatic heterocycles. The summed E-state index contributed by atoms with van der Waals surface area (Å²) in [5.74, 6) is 0. The highest BCUT2D eigenvalue weighted by Crippen LogP contribution is 2.47. The minimum atomic E-state index is 1.11. The van der Waals surface area contributed by atoms with E-state index in [4.69, 9.17) is 0 Å². The van der Waals surface area contributed by atoms with Gasteiger partial charge in [-0.3, -0.25) is 0 Å². The summed E-state index contributed by atoms with van der Waals surface area (Å²) >= 11 is 1.89. The molecule has 12 rings (SSSR count). The van der Waals surface area contributed by atoms with Gasteiger partial charge in [0.05, 0.1) is 5.69 Å². The molecule has 0 fully saturated rings. The normalized spacial score (nSPS) is 11.7. The molecule has 0 atom stereocenters. The van der Waals surface area contributed by atoms with Crippen LogP contribution in [0, 0.1) is 0 Å². The van der Waals surface area contributed by atoms with Gasteiger partial charge in [0.1, 0.15) is 0 Å². The van der Waals surface area contributed by atoms with Gasteiger partial charge in [0.15, 0.2) is 0 Å². The number of thiophene rings is 1. The lowest BCUT2D eigenvalue weighted by Gasteiger charge is -2.27. The van der Waals surface area contributed by atoms with Crippen LogP contribution in [0.1, 0.15) is 0 Å². The fraction of sp³-hybridized carbons (Fsp3) is 0. The first kappa shape index (κ1) is 34.5. The van der Waals surface area contributed by atoms with E-state index >= 15 is 0 Å². The molecule has 0 N–H and O–H groups in total. The highest BCUT2D eigenvalue weighted by atomic mass is 32.1. The SMILES string of the molecule is c1cc(-c2ccc(-c3cc4ccccc4c4ccccc34)cc2)cc(N(c2ccc(-c3cccc4ccccc34)cc2)c2cccc3sc4c5ccccc5ccc4c23)c1. The summed E-state index contributed by atoms with van der Waals surface area (Å²) in [7, 11) is 0. The predicted octanol–water partition coefficient (Wildman–Crippen LogP) is 17.1. The average Bonchev–Trinajstić information content (AvgIpc) is 3.72. The van der Waals surface area contributed by atoms with E-state index in [1.807, 2.05) is 11.3 Å². The van der Waals surface area contributed by atoms with Crippen LogP contribution in [-0.4, -0.2) is 0 Å². The van der Waals surface area contributed by atoms with Gasteiger partial charge in [0.25, 0.3) is 0 Å². The zero-order valence-corrected chi connectivity index (χ0v) is 33.5. The highest BCUT2D eigenvalue weighted by molar-refractivity contribution is 7.26. The molecule has 1 nitrogen and oxygen atoms in total. The van der Waals surface area contributed by atoms with Gasteiger partial charge in [0.2, 0.25) is 0 Å². The fourth-order valence-corrected chi connectivity index (χ4v) is 10.6. The van der Waals surface area contributed by atoms with Crippen LogP contribution in [0.2, 0.25) is 0 Å². The summed E-state index contributed by atoms with van der Waals surface area (Å²) < 4.78 is 2.61. The third-order valence-electron chi connectivity index (χ3n) is 12.2. The summed E-state index contributed by atoms with van der Waals surface area (Å²) in [5.41, 5.74) is 10.7. The molecule has 0 saturated heterocycles. The second-order valence-electron chi connectivity index (χ2n) is 15.6. The van der Waals surface area contributed by atoms with Crippen molar-refractivity contribution in [1.82, 2.24) is 0 Å². The van der Waals surface area contributed by atoms with Crippen LogP contribution in [-0.2, 0) is 0 Å². The number of hydrogen-bond donors (Lipinski definition) is 0. The molecule has 2 heteroatoms. The predicted molar refractivity (Wildman–Crippen MR) is 260 cm³/mol. The molecule has 0 saturated carbocycles. The van der Waals surface area contributed by atoms with Crippen molar-refractivity contribution in [1.29, 1.82) is 0 Å². The zero-order chi connectivity index (χ0) is 39.6. The Balaban J connectivity index is 0.999. The summed E-state index contributed by atoms with van der Waals surface area (Å²) in [4.78, 5) is 2.45. The molecular weight excluding hydrogens is 743 g/mol. The molecule has 0 radical (unpaired) electrons. The molecule has 11 aromatic carbocycles. The summed E-state index contributed by atoms with van der Waals surface area (Å²) in [6, 6.07) is 82.5. The Bertz CT molecular complexity index is 3590. The standard InChI is InChI=1S/C58H37NS/c1-4-18-47-39(12-1)15-10-23-48(47)41-30-33-45(34-31-41)59(55-24-11-25-56-57(55)53-35-32-40-13-2-6-20-50(40)58(53)60-56)46-17-9-16-43(36-46)38-26-28-42(29-27-38)54-37-44-14-3-5-19-49(44)51-21-7-8-22-52(51)54/h1-37H. The lowest BCUT2D eigenvalue weighted by Crippen LogP contribution is -2.10. The van der Waals surface area contributed by atoms with Crippen LogP contribution >= 0.6 is 11.3 Å². The highest BCUT2D eigenvalue weighted by Gasteiger charge is 2.20. The molecule has 1 heterocycles. The third-order valence-corrected chi connectivity index (χ3v) is 13.4. The number of hydrogen-bond acceptors (Lipinski definition) is 2. The number of anilines is 3. The van der Waals surface area contributed by atoms with Crippen LogP contribution < -0.4 is 4.90 Å². The Morgan fingerprint density at radius 1 is 0.300 bits per heavy atom. The van der Waals surface area contributed by atoms with E-state index in [0.29, 0.717) is 0 Å². The summed E-state index contributed by atoms with van der Waals surface area (Å²) in [5, 5.41) is 12.8. The molecule has 0 amide bonds. The molecular formula is C58H37NS. The van der Waals surface area contributed by atoms with Crippen molar-refractivity contribution in [3.63, 3.8) is 0 Å². The molecule has 0 unspecified atom stereocenters. The molecule has 280 valence electrons. The summed E-state index contributed by atoms with van der Waals surface area (Å²) in [6.45, 7) is 0. The smallest absolute Gasteiger partial charge is 0.0554 e. The van der Waals surface area contributed by atoms with Crippen molar-refractivity contribution >= 4 is 91.7 Å². The van der Waals surface area contributed by atoms with Crippen LogP contribution in [0.4, 0.5) is 17.1 Å². The van der Waals surface area contributed by atoms with Crippen LogP contribution in [0.15, 0.2) is 224 Å². The van der Waals surface area contributed by atoms with Crippen LogP contribution in [0.25, 0.3) is 96.6 Å². The number of nitrogens with zero attached hydrogens (tertiary/aromatic N) is 1. The molecule has 0 aliphatic carbocycles. The van der Waals surface area contributed by atoms with Gasteiger partial charge in [-0.15, -0.1) is 11.3 Å². The van der Waals surface area contributed by atoms with Crippen LogP contribution in [0.3, 0.4) is 0 Å². The Morgan fingerprint density at radius 2 is 0.900 bits per heavy atom. The van der Waals surface area contributed by atoms with Gasteiger partial charge in [-0.2, -0.15) is 0 Å². The van der Waals surface area contributed by atoms with Crippen molar-refractivity contribution in [2.24, 2.45) is 0 Å². The summed E-state index contributed by atoms with van der Waals surface area (Å²) in [6.07, 6.45) is 0. The number of benzene rings is 11. The average molecular weight is 780 g/mol. The van der Waals surface area contributed by atoms with Gasteiger partial charge in [0, 0.05) is 31.5 Å². The topological polar surface area (TPSA) is 3.24 Å². The first-order valence-electron chi connectivity index (χ1n) is 20.6. The van der Waals surface area contributed by atoms with E-state index in [-0.39, 0.29) is 0 Å². The maximum absolute atomic E-state index is 2.45. The van der Waals surface area contributed by atoms with E-state index in [1.165, 1.54) is 102 Å². The molecule has 60 heavy (non-hydrogen) atoms. The molecule has 12 aromatic rings. The molecule has 0 bridgehead atoms. The van der Waals surface area contributed by atoms with E-state index in [1.54, 1.807) is 0 Å². The van der Waals surface area contributed by atoms with Crippen molar-refractivity contribution in [2.45, 2.75) is 0 Å². The zero-order valence-electron chi connectivity index (χ0n) is 32.7. The Labute approximate surface area is 352 Å².